The number of methoxy groups -OCH3 is 1. The van der Waals surface area contributed by atoms with Crippen molar-refractivity contribution >= 4 is 46.3 Å². The summed E-state index contributed by atoms with van der Waals surface area (Å²) in [5, 5.41) is 9.67. The van der Waals surface area contributed by atoms with E-state index in [0.29, 0.717) is 10.7 Å². The van der Waals surface area contributed by atoms with E-state index in [9.17, 15) is 14.7 Å². The Kier molecular flexibility index (Phi) is 5.93. The summed E-state index contributed by atoms with van der Waals surface area (Å²) in [5.74, 6) is -0.751. The Labute approximate surface area is 166 Å². The maximum absolute atomic E-state index is 12.8. The van der Waals surface area contributed by atoms with E-state index in [4.69, 9.17) is 17.0 Å². The number of thiocarbonyl (C=S) groups is 1. The molecule has 138 valence electrons. The van der Waals surface area contributed by atoms with Crippen LogP contribution in [0.15, 0.2) is 59.5 Å². The van der Waals surface area contributed by atoms with Crippen LogP contribution >= 0.6 is 24.0 Å². The van der Waals surface area contributed by atoms with Gasteiger partial charge in [-0.1, -0.05) is 66.4 Å². The summed E-state index contributed by atoms with van der Waals surface area (Å²) >= 11 is 6.42. The Hall–Kier alpha value is -2.64. The van der Waals surface area contributed by atoms with Gasteiger partial charge in [0.2, 0.25) is 0 Å². The average Bonchev–Trinajstić information content (AvgIpc) is 2.94. The number of nitrogens with zero attached hydrogens (tertiary/aromatic N) is 1. The van der Waals surface area contributed by atoms with Crippen LogP contribution in [0.1, 0.15) is 11.1 Å². The lowest BCUT2D eigenvalue weighted by Crippen LogP contribution is -2.45. The summed E-state index contributed by atoms with van der Waals surface area (Å²) in [4.78, 5) is 26.3. The number of benzene rings is 2. The standard InChI is InChI=1S/C20H17NO4S2/c1-25-15-9-7-14(8-10-15)12-17-18(22)21(20(26)27-17)16(19(23)24)11-13-5-3-2-4-6-13/h2-10,12,16H,11H2,1H3,(H,23,24)/b17-12-/t16-/m1/s1. The smallest absolute Gasteiger partial charge is 0.327 e. The summed E-state index contributed by atoms with van der Waals surface area (Å²) in [6.07, 6.45) is 1.90. The van der Waals surface area contributed by atoms with E-state index < -0.39 is 12.0 Å². The molecule has 0 unspecified atom stereocenters. The third kappa shape index (κ3) is 4.37. The fourth-order valence-electron chi connectivity index (χ4n) is 2.73. The average molecular weight is 399 g/mol. The number of carboxylic acids is 1. The first kappa shape index (κ1) is 19.1. The van der Waals surface area contributed by atoms with Gasteiger partial charge in [0.15, 0.2) is 0 Å². The van der Waals surface area contributed by atoms with Crippen molar-refractivity contribution in [3.05, 3.63) is 70.6 Å². The lowest BCUT2D eigenvalue weighted by atomic mass is 10.0. The third-order valence-corrected chi connectivity index (χ3v) is 5.44. The minimum absolute atomic E-state index is 0.193. The molecule has 2 aromatic carbocycles. The number of rotatable bonds is 6. The summed E-state index contributed by atoms with van der Waals surface area (Å²) in [6, 6.07) is 15.4. The van der Waals surface area contributed by atoms with E-state index in [1.54, 1.807) is 25.3 Å². The second-order valence-corrected chi connectivity index (χ2v) is 7.54. The zero-order valence-corrected chi connectivity index (χ0v) is 16.1. The highest BCUT2D eigenvalue weighted by atomic mass is 32.2. The fraction of sp³-hybridized carbons (Fsp3) is 0.150. The Morgan fingerprint density at radius 3 is 2.48 bits per heavy atom. The molecule has 1 atom stereocenters. The molecule has 0 saturated carbocycles. The van der Waals surface area contributed by atoms with Crippen LogP contribution in [0.4, 0.5) is 0 Å². The molecule has 0 radical (unpaired) electrons. The SMILES string of the molecule is COc1ccc(/C=C2\SC(=S)N([C@H](Cc3ccccc3)C(=O)O)C2=O)cc1. The molecule has 27 heavy (non-hydrogen) atoms. The molecular weight excluding hydrogens is 382 g/mol. The highest BCUT2D eigenvalue weighted by Gasteiger charge is 2.40. The quantitative estimate of drug-likeness (QED) is 0.591. The molecule has 0 spiro atoms. The molecule has 0 aromatic heterocycles. The van der Waals surface area contributed by atoms with Crippen LogP contribution in [0.5, 0.6) is 5.75 Å². The number of carboxylic acid groups (broad SMARTS) is 1. The molecule has 7 heteroatoms. The Bertz CT molecular complexity index is 894. The monoisotopic (exact) mass is 399 g/mol. The molecule has 1 heterocycles. The van der Waals surface area contributed by atoms with Gasteiger partial charge >= 0.3 is 5.97 Å². The van der Waals surface area contributed by atoms with Crippen LogP contribution in [-0.2, 0) is 16.0 Å². The number of amides is 1. The molecule has 2 aromatic rings. The predicted octanol–water partition coefficient (Wildman–Crippen LogP) is 3.59. The van der Waals surface area contributed by atoms with Gasteiger partial charge in [-0.15, -0.1) is 0 Å². The van der Waals surface area contributed by atoms with E-state index in [1.807, 2.05) is 42.5 Å². The predicted molar refractivity (Wildman–Crippen MR) is 110 cm³/mol. The van der Waals surface area contributed by atoms with Gasteiger partial charge in [0.1, 0.15) is 16.1 Å². The minimum Gasteiger partial charge on any atom is -0.497 e. The van der Waals surface area contributed by atoms with Crippen LogP contribution < -0.4 is 4.74 Å². The molecule has 3 rings (SSSR count). The molecular formula is C20H17NO4S2. The van der Waals surface area contributed by atoms with Crippen LogP contribution in [0.2, 0.25) is 0 Å². The van der Waals surface area contributed by atoms with Crippen molar-refractivity contribution < 1.29 is 19.4 Å². The van der Waals surface area contributed by atoms with Gasteiger partial charge in [0.25, 0.3) is 5.91 Å². The Morgan fingerprint density at radius 1 is 1.22 bits per heavy atom. The van der Waals surface area contributed by atoms with Crippen molar-refractivity contribution in [3.8, 4) is 5.75 Å². The molecule has 1 saturated heterocycles. The van der Waals surface area contributed by atoms with Crippen LogP contribution in [-0.4, -0.2) is 39.4 Å². The van der Waals surface area contributed by atoms with Gasteiger partial charge < -0.3 is 9.84 Å². The van der Waals surface area contributed by atoms with Crippen molar-refractivity contribution in [2.24, 2.45) is 0 Å². The molecule has 0 bridgehead atoms. The highest BCUT2D eigenvalue weighted by Crippen LogP contribution is 2.35. The van der Waals surface area contributed by atoms with Crippen molar-refractivity contribution in [2.45, 2.75) is 12.5 Å². The number of ether oxygens (including phenoxy) is 1. The first-order chi connectivity index (χ1) is 13.0. The second-order valence-electron chi connectivity index (χ2n) is 5.87. The molecule has 1 fully saturated rings. The molecule has 5 nitrogen and oxygen atoms in total. The number of aliphatic carboxylic acids is 1. The van der Waals surface area contributed by atoms with Gasteiger partial charge in [-0.2, -0.15) is 0 Å². The van der Waals surface area contributed by atoms with Crippen molar-refractivity contribution in [3.63, 3.8) is 0 Å². The highest BCUT2D eigenvalue weighted by molar-refractivity contribution is 8.26. The maximum Gasteiger partial charge on any atom is 0.327 e. The molecule has 1 amide bonds. The first-order valence-electron chi connectivity index (χ1n) is 8.17. The summed E-state index contributed by atoms with van der Waals surface area (Å²) < 4.78 is 5.37. The van der Waals surface area contributed by atoms with E-state index in [0.717, 1.165) is 22.9 Å². The molecule has 1 aliphatic heterocycles. The van der Waals surface area contributed by atoms with E-state index in [1.165, 1.54) is 4.90 Å². The summed E-state index contributed by atoms with van der Waals surface area (Å²) in [7, 11) is 1.58. The molecule has 0 aliphatic carbocycles. The van der Waals surface area contributed by atoms with Gasteiger partial charge in [-0.3, -0.25) is 9.69 Å². The Balaban J connectivity index is 1.84. The third-order valence-electron chi connectivity index (χ3n) is 4.11. The Morgan fingerprint density at radius 2 is 1.89 bits per heavy atom. The van der Waals surface area contributed by atoms with Gasteiger partial charge in [-0.25, -0.2) is 4.79 Å². The van der Waals surface area contributed by atoms with E-state index in [-0.39, 0.29) is 16.6 Å². The van der Waals surface area contributed by atoms with Gasteiger partial charge in [0, 0.05) is 6.42 Å². The fourth-order valence-corrected chi connectivity index (χ4v) is 4.08. The van der Waals surface area contributed by atoms with E-state index >= 15 is 0 Å². The van der Waals surface area contributed by atoms with Crippen LogP contribution in [0.3, 0.4) is 0 Å². The largest absolute Gasteiger partial charge is 0.497 e. The van der Waals surface area contributed by atoms with Gasteiger partial charge in [0.05, 0.1) is 12.0 Å². The lowest BCUT2D eigenvalue weighted by Gasteiger charge is -2.23. The number of thioether (sulfide) groups is 1. The summed E-state index contributed by atoms with van der Waals surface area (Å²) in [5.41, 5.74) is 1.64. The zero-order valence-electron chi connectivity index (χ0n) is 14.5. The number of hydrogen-bond donors (Lipinski definition) is 1. The topological polar surface area (TPSA) is 66.8 Å². The lowest BCUT2D eigenvalue weighted by molar-refractivity contribution is -0.145. The van der Waals surface area contributed by atoms with E-state index in [2.05, 4.69) is 0 Å². The summed E-state index contributed by atoms with van der Waals surface area (Å²) in [6.45, 7) is 0. The van der Waals surface area contributed by atoms with Crippen LogP contribution in [0, 0.1) is 0 Å². The minimum atomic E-state index is -1.08. The first-order valence-corrected chi connectivity index (χ1v) is 9.40. The van der Waals surface area contributed by atoms with Crippen molar-refractivity contribution in [1.82, 2.24) is 4.90 Å². The van der Waals surface area contributed by atoms with Crippen LogP contribution in [0.25, 0.3) is 6.08 Å². The number of hydrogen-bond acceptors (Lipinski definition) is 5. The van der Waals surface area contributed by atoms with Gasteiger partial charge in [-0.05, 0) is 29.3 Å². The maximum atomic E-state index is 12.8. The number of carbonyl (C=O) groups excluding carboxylic acids is 1. The molecule has 1 N–H and O–H groups in total. The normalized spacial score (nSPS) is 16.6. The second kappa shape index (κ2) is 8.37. The van der Waals surface area contributed by atoms with Crippen molar-refractivity contribution in [2.75, 3.05) is 7.11 Å². The number of carbonyl (C=O) groups is 2. The zero-order chi connectivity index (χ0) is 19.4. The van der Waals surface area contributed by atoms with Crippen molar-refractivity contribution in [1.29, 1.82) is 0 Å². The molecule has 1 aliphatic rings.